The van der Waals surface area contributed by atoms with Crippen LogP contribution >= 0.6 is 0 Å². The van der Waals surface area contributed by atoms with Gasteiger partial charge in [-0.05, 0) is 31.4 Å². The normalized spacial score (nSPS) is 23.2. The molecule has 1 saturated heterocycles. The van der Waals surface area contributed by atoms with Crippen LogP contribution in [0.4, 0.5) is 0 Å². The van der Waals surface area contributed by atoms with Crippen molar-refractivity contribution in [3.05, 3.63) is 121 Å². The minimum atomic E-state index is -2.24. The molecule has 0 saturated carbocycles. The van der Waals surface area contributed by atoms with Gasteiger partial charge in [-0.1, -0.05) is 13.8 Å². The summed E-state index contributed by atoms with van der Waals surface area (Å²) in [7, 11) is 0. The van der Waals surface area contributed by atoms with Gasteiger partial charge in [0.1, 0.15) is 5.76 Å². The molecule has 5 heterocycles. The first-order valence-electron chi connectivity index (χ1n) is 18.6. The summed E-state index contributed by atoms with van der Waals surface area (Å²) in [6.07, 6.45) is 7.73. The Kier molecular flexibility index (Phi) is 9.61. The molecule has 1 aromatic carbocycles. The van der Waals surface area contributed by atoms with Crippen molar-refractivity contribution in [3.63, 3.8) is 0 Å². The van der Waals surface area contributed by atoms with Gasteiger partial charge in [-0.2, -0.15) is 0 Å². The molecule has 1 aromatic rings. The molecule has 5 aliphatic heterocycles. The summed E-state index contributed by atoms with van der Waals surface area (Å²) in [5.74, 6) is -0.605. The molecule has 270 valence electrons. The number of hydrogen-bond donors (Lipinski definition) is 3. The van der Waals surface area contributed by atoms with Crippen LogP contribution < -0.4 is 8.90 Å². The first-order chi connectivity index (χ1) is 24.7. The molecule has 3 atom stereocenters. The molecule has 52 heavy (non-hydrogen) atoms. The van der Waals surface area contributed by atoms with Crippen molar-refractivity contribution in [2.75, 3.05) is 0 Å². The van der Waals surface area contributed by atoms with Crippen molar-refractivity contribution in [2.24, 2.45) is 26.8 Å². The zero-order valence-electron chi connectivity index (χ0n) is 31.9. The average molecular weight is 806 g/mol. The van der Waals surface area contributed by atoms with E-state index in [1.807, 2.05) is 13.0 Å². The Morgan fingerprint density at radius 1 is 1.02 bits per heavy atom. The van der Waals surface area contributed by atoms with Crippen molar-refractivity contribution in [3.8, 4) is 0 Å². The van der Waals surface area contributed by atoms with Crippen LogP contribution in [-0.2, 0) is 16.1 Å². The van der Waals surface area contributed by atoms with Gasteiger partial charge in [-0.15, -0.1) is 0 Å². The van der Waals surface area contributed by atoms with E-state index in [4.69, 9.17) is 19.7 Å². The second kappa shape index (κ2) is 13.8. The number of hydrogen-bond acceptors (Lipinski definition) is 7. The number of ether oxygens (including phenoxy) is 1. The summed E-state index contributed by atoms with van der Waals surface area (Å²) < 4.78 is 8.14. The van der Waals surface area contributed by atoms with Crippen LogP contribution in [0.1, 0.15) is 72.8 Å². The van der Waals surface area contributed by atoms with Crippen LogP contribution in [0.5, 0.6) is 0 Å². The first-order valence-corrected chi connectivity index (χ1v) is 28.5. The van der Waals surface area contributed by atoms with E-state index in [0.29, 0.717) is 25.2 Å². The number of aliphatic hydroxyl groups excluding tert-OH is 1. The fraction of sp³-hybridized carbons (Fsp3) is 0.395. The number of benzene rings is 1. The van der Waals surface area contributed by atoms with E-state index in [2.05, 4.69) is 91.2 Å². The van der Waals surface area contributed by atoms with Crippen LogP contribution in [-0.4, -0.2) is 57.8 Å². The molecular weight excluding hydrogens is 755 g/mol. The van der Waals surface area contributed by atoms with E-state index in [0.717, 1.165) is 91.1 Å². The predicted molar refractivity (Wildman–Crippen MR) is 213 cm³/mol. The first kappa shape index (κ1) is 36.3. The number of allylic oxidation sites excluding steroid dienone is 11. The molecule has 8 nitrogen and oxygen atoms in total. The molecule has 1 fully saturated rings. The quantitative estimate of drug-likeness (QED) is 0.216. The Balaban J connectivity index is 1.36. The van der Waals surface area contributed by atoms with Crippen LogP contribution in [0, 0.1) is 11.8 Å². The van der Waals surface area contributed by atoms with E-state index in [9.17, 15) is 15.0 Å². The molecule has 6 aliphatic rings. The second-order valence-corrected chi connectivity index (χ2v) is 30.4. The van der Waals surface area contributed by atoms with E-state index in [1.54, 1.807) is 0 Å². The molecule has 0 amide bonds. The van der Waals surface area contributed by atoms with Crippen LogP contribution in [0.15, 0.2) is 131 Å². The molecule has 3 N–H and O–H groups in total. The number of nitrogens with one attached hydrogen (secondary N) is 1. The van der Waals surface area contributed by atoms with Crippen LogP contribution in [0.3, 0.4) is 0 Å². The maximum atomic E-state index is 11.8. The molecular formula is C43H50N4O4Sn. The number of aliphatic carboxylic acids is 1. The molecule has 1 unspecified atom stereocenters. The topological polar surface area (TPSA) is 116 Å². The Morgan fingerprint density at radius 2 is 1.75 bits per heavy atom. The number of nitrogens with zero attached hydrogens (tertiary/aromatic N) is 3. The Hall–Kier alpha value is -4.02. The average Bonchev–Trinajstić information content (AvgIpc) is 3.84. The van der Waals surface area contributed by atoms with E-state index in [1.165, 1.54) is 9.14 Å². The molecule has 1 aliphatic carbocycles. The minimum absolute atomic E-state index is 0.000153. The smallest absolute Gasteiger partial charge is 0.481 e. The molecule has 8 bridgehead atoms. The van der Waals surface area contributed by atoms with Gasteiger partial charge in [0.25, 0.3) is 0 Å². The molecule has 9 heteroatoms. The van der Waals surface area contributed by atoms with Gasteiger partial charge in [0, 0.05) is 35.6 Å². The van der Waals surface area contributed by atoms with Gasteiger partial charge in [-0.25, -0.2) is 4.99 Å². The van der Waals surface area contributed by atoms with Crippen molar-refractivity contribution < 1.29 is 19.7 Å². The third-order valence-corrected chi connectivity index (χ3v) is 17.3. The summed E-state index contributed by atoms with van der Waals surface area (Å²) in [4.78, 5) is 34.7. The van der Waals surface area contributed by atoms with Gasteiger partial charge < -0.3 is 10.2 Å². The summed E-state index contributed by atoms with van der Waals surface area (Å²) >= 11 is -2.24. The minimum Gasteiger partial charge on any atom is -0.481 e. The fourth-order valence-corrected chi connectivity index (χ4v) is 11.8. The molecule has 0 aromatic heterocycles. The second-order valence-electron chi connectivity index (χ2n) is 15.9. The monoisotopic (exact) mass is 806 g/mol. The third-order valence-electron chi connectivity index (χ3n) is 11.5. The summed E-state index contributed by atoms with van der Waals surface area (Å²) in [5.41, 5.74) is 15.1. The maximum absolute atomic E-state index is 11.8. The number of fused-ring (bicyclic) bond motifs is 5. The Labute approximate surface area is 311 Å². The number of carboxylic acid groups (broad SMARTS) is 1. The predicted octanol–water partition coefficient (Wildman–Crippen LogP) is 8.67. The zero-order valence-corrected chi connectivity index (χ0v) is 34.7. The van der Waals surface area contributed by atoms with Crippen molar-refractivity contribution >= 4 is 45.1 Å². The summed E-state index contributed by atoms with van der Waals surface area (Å²) in [6.45, 7) is 13.2. The Bertz CT molecular complexity index is 2160. The third kappa shape index (κ3) is 6.46. The number of carbonyl (C=O) groups is 1. The molecule has 7 rings (SSSR count). The molecule has 0 spiro atoms. The fourth-order valence-electron chi connectivity index (χ4n) is 8.35. The van der Waals surface area contributed by atoms with E-state index < -0.39 is 24.3 Å². The van der Waals surface area contributed by atoms with Crippen molar-refractivity contribution in [1.82, 2.24) is 5.32 Å². The van der Waals surface area contributed by atoms with Gasteiger partial charge in [0.05, 0.1) is 11.4 Å². The van der Waals surface area contributed by atoms with E-state index >= 15 is 0 Å². The SMILES string of the molecule is CCC1=C(C)C2=NC1=CC1=C(C)C3=C(O)CC(=C4NC(=CC5=NC(=C2)C(C(C)OCc2ccc[c]([Sn]([CH3])([CH3])[CH3])c2)=C5C)[C@@H](C)[C@@H]4CCC(=O)O)C3=N1. The number of aliphatic hydroxyl groups is 1. The summed E-state index contributed by atoms with van der Waals surface area (Å²) in [6, 6.07) is 8.90. The van der Waals surface area contributed by atoms with E-state index in [-0.39, 0.29) is 24.4 Å². The standard InChI is InChI=1S/C40H41N4O4.3CH3.Sn/c1-7-26-20(2)29-18-34-37(24(6)48-19-25-11-9-8-10-12-25)22(4)31(42-34)16-30-21(3)27(13-14-36(46)47)39(43-30)28-15-35(45)38-23(5)32(44-40(28)38)17-33(26)41-29;;;;/h8-9,11-12,16-18,21,24,27,43,45H,7,13-15,19H2,1-6H3,(H,46,47);3*1H3;/t21-,24?,27-;;;;/m0..../s1. The van der Waals surface area contributed by atoms with Crippen LogP contribution in [0.25, 0.3) is 0 Å². The molecule has 0 radical (unpaired) electrons. The van der Waals surface area contributed by atoms with Crippen LogP contribution in [0.2, 0.25) is 14.8 Å². The van der Waals surface area contributed by atoms with Crippen molar-refractivity contribution in [1.29, 1.82) is 0 Å². The van der Waals surface area contributed by atoms with Gasteiger partial charge in [0.15, 0.2) is 0 Å². The van der Waals surface area contributed by atoms with Crippen molar-refractivity contribution in [2.45, 2.75) is 94.8 Å². The number of aliphatic imine (C=N–C) groups is 3. The van der Waals surface area contributed by atoms with Gasteiger partial charge in [-0.3, -0.25) is 4.79 Å². The van der Waals surface area contributed by atoms with Gasteiger partial charge in [0.2, 0.25) is 0 Å². The summed E-state index contributed by atoms with van der Waals surface area (Å²) in [5, 5.41) is 24.7. The zero-order chi connectivity index (χ0) is 37.2. The Morgan fingerprint density at radius 3 is 2.46 bits per heavy atom. The number of carboxylic acids is 1. The van der Waals surface area contributed by atoms with Gasteiger partial charge >= 0.3 is 195 Å². The number of rotatable bonds is 9.